The van der Waals surface area contributed by atoms with Gasteiger partial charge in [-0.15, -0.1) is 0 Å². The summed E-state index contributed by atoms with van der Waals surface area (Å²) in [5.41, 5.74) is 3.44. The number of H-pyrrole nitrogens is 1. The SMILES string of the molecule is COc1ccccc1N1C(=O)C[C@@H](N2CCc3c([nH]c4ccc(F)cc34)C2)C1=O. The molecule has 1 N–H and O–H groups in total. The Morgan fingerprint density at radius 3 is 2.83 bits per heavy atom. The number of amides is 2. The number of fused-ring (bicyclic) bond motifs is 3. The zero-order valence-corrected chi connectivity index (χ0v) is 15.9. The Balaban J connectivity index is 1.43. The van der Waals surface area contributed by atoms with Gasteiger partial charge in [-0.05, 0) is 42.3 Å². The molecule has 0 radical (unpaired) electrons. The first kappa shape index (κ1) is 17.9. The second-order valence-corrected chi connectivity index (χ2v) is 7.45. The van der Waals surface area contributed by atoms with E-state index >= 15 is 0 Å². The summed E-state index contributed by atoms with van der Waals surface area (Å²) in [4.78, 5) is 32.5. The minimum Gasteiger partial charge on any atom is -0.495 e. The summed E-state index contributed by atoms with van der Waals surface area (Å²) >= 11 is 0. The molecule has 148 valence electrons. The number of imide groups is 1. The number of hydrogen-bond acceptors (Lipinski definition) is 4. The van der Waals surface area contributed by atoms with Crippen molar-refractivity contribution >= 4 is 28.4 Å². The van der Waals surface area contributed by atoms with Crippen molar-refractivity contribution in [1.82, 2.24) is 9.88 Å². The van der Waals surface area contributed by atoms with Gasteiger partial charge in [-0.3, -0.25) is 14.5 Å². The van der Waals surface area contributed by atoms with Crippen LogP contribution in [-0.4, -0.2) is 41.4 Å². The summed E-state index contributed by atoms with van der Waals surface area (Å²) in [6.07, 6.45) is 0.840. The zero-order chi connectivity index (χ0) is 20.1. The molecule has 7 heteroatoms. The highest BCUT2D eigenvalue weighted by Gasteiger charge is 2.44. The predicted molar refractivity (Wildman–Crippen MR) is 106 cm³/mol. The lowest BCUT2D eigenvalue weighted by Crippen LogP contribution is -2.44. The Bertz CT molecular complexity index is 1140. The molecule has 2 aromatic carbocycles. The molecular weight excluding hydrogens is 373 g/mol. The highest BCUT2D eigenvalue weighted by atomic mass is 19.1. The zero-order valence-electron chi connectivity index (χ0n) is 15.9. The average Bonchev–Trinajstić information content (AvgIpc) is 3.23. The third kappa shape index (κ3) is 2.81. The fourth-order valence-electron chi connectivity index (χ4n) is 4.47. The fraction of sp³-hybridized carbons (Fsp3) is 0.273. The smallest absolute Gasteiger partial charge is 0.251 e. The Morgan fingerprint density at radius 2 is 2.00 bits per heavy atom. The Labute approximate surface area is 166 Å². The summed E-state index contributed by atoms with van der Waals surface area (Å²) in [6, 6.07) is 11.3. The van der Waals surface area contributed by atoms with Crippen LogP contribution in [0.4, 0.5) is 10.1 Å². The normalized spacial score (nSPS) is 19.8. The molecule has 2 amide bonds. The van der Waals surface area contributed by atoms with Crippen LogP contribution in [0.5, 0.6) is 5.75 Å². The Kier molecular flexibility index (Phi) is 4.13. The Hall–Kier alpha value is -3.19. The van der Waals surface area contributed by atoms with Crippen LogP contribution in [0, 0.1) is 5.82 Å². The molecule has 5 rings (SSSR count). The molecule has 1 aromatic heterocycles. The summed E-state index contributed by atoms with van der Waals surface area (Å²) < 4.78 is 19.0. The Morgan fingerprint density at radius 1 is 1.17 bits per heavy atom. The molecule has 3 heterocycles. The van der Waals surface area contributed by atoms with Crippen molar-refractivity contribution in [2.75, 3.05) is 18.6 Å². The summed E-state index contributed by atoms with van der Waals surface area (Å²) in [5.74, 6) is -0.224. The number of methoxy groups -OCH3 is 1. The van der Waals surface area contributed by atoms with Crippen LogP contribution >= 0.6 is 0 Å². The maximum atomic E-state index is 13.6. The van der Waals surface area contributed by atoms with Crippen molar-refractivity contribution in [1.29, 1.82) is 0 Å². The number of anilines is 1. The molecule has 2 aliphatic rings. The molecule has 0 bridgehead atoms. The number of para-hydroxylation sites is 2. The van der Waals surface area contributed by atoms with Gasteiger partial charge in [0.15, 0.2) is 0 Å². The minimum atomic E-state index is -0.510. The highest BCUT2D eigenvalue weighted by molar-refractivity contribution is 6.23. The average molecular weight is 393 g/mol. The van der Waals surface area contributed by atoms with Gasteiger partial charge in [0, 0.05) is 29.7 Å². The van der Waals surface area contributed by atoms with Crippen molar-refractivity contribution in [3.63, 3.8) is 0 Å². The van der Waals surface area contributed by atoms with E-state index in [4.69, 9.17) is 4.74 Å². The van der Waals surface area contributed by atoms with Crippen LogP contribution in [0.1, 0.15) is 17.7 Å². The fourth-order valence-corrected chi connectivity index (χ4v) is 4.47. The molecule has 29 heavy (non-hydrogen) atoms. The molecule has 0 unspecified atom stereocenters. The van der Waals surface area contributed by atoms with Crippen LogP contribution in [0.3, 0.4) is 0 Å². The third-order valence-electron chi connectivity index (χ3n) is 5.86. The standard InChI is InChI=1S/C22H20FN3O3/c1-29-20-5-3-2-4-18(20)26-21(27)11-19(22(26)28)25-9-8-14-15-10-13(23)6-7-16(15)24-17(14)12-25/h2-7,10,19,24H,8-9,11-12H2,1H3/t19-/m1/s1. The van der Waals surface area contributed by atoms with Gasteiger partial charge in [-0.25, -0.2) is 9.29 Å². The van der Waals surface area contributed by atoms with Gasteiger partial charge < -0.3 is 9.72 Å². The van der Waals surface area contributed by atoms with Gasteiger partial charge >= 0.3 is 0 Å². The van der Waals surface area contributed by atoms with Gasteiger partial charge in [-0.1, -0.05) is 12.1 Å². The lowest BCUT2D eigenvalue weighted by molar-refractivity contribution is -0.123. The molecule has 0 saturated carbocycles. The van der Waals surface area contributed by atoms with E-state index in [1.807, 2.05) is 4.90 Å². The highest BCUT2D eigenvalue weighted by Crippen LogP contribution is 2.35. The van der Waals surface area contributed by atoms with Crippen molar-refractivity contribution in [3.8, 4) is 5.75 Å². The van der Waals surface area contributed by atoms with Crippen LogP contribution in [0.25, 0.3) is 10.9 Å². The van der Waals surface area contributed by atoms with Crippen molar-refractivity contribution < 1.29 is 18.7 Å². The molecule has 1 saturated heterocycles. The second-order valence-electron chi connectivity index (χ2n) is 7.45. The van der Waals surface area contributed by atoms with Crippen LogP contribution < -0.4 is 9.64 Å². The first-order valence-electron chi connectivity index (χ1n) is 9.59. The molecular formula is C22H20FN3O3. The maximum absolute atomic E-state index is 13.6. The summed E-state index contributed by atoms with van der Waals surface area (Å²) in [7, 11) is 1.52. The number of aromatic nitrogens is 1. The first-order chi connectivity index (χ1) is 14.1. The number of halogens is 1. The number of nitrogens with zero attached hydrogens (tertiary/aromatic N) is 2. The maximum Gasteiger partial charge on any atom is 0.251 e. The molecule has 1 fully saturated rings. The van der Waals surface area contributed by atoms with Crippen molar-refractivity contribution in [3.05, 3.63) is 59.5 Å². The molecule has 1 atom stereocenters. The van der Waals surface area contributed by atoms with Crippen LogP contribution in [-0.2, 0) is 22.6 Å². The van der Waals surface area contributed by atoms with Gasteiger partial charge in [0.2, 0.25) is 5.91 Å². The van der Waals surface area contributed by atoms with Gasteiger partial charge in [0.1, 0.15) is 11.6 Å². The topological polar surface area (TPSA) is 65.6 Å². The largest absolute Gasteiger partial charge is 0.495 e. The number of ether oxygens (including phenoxy) is 1. The lowest BCUT2D eigenvalue weighted by Gasteiger charge is -2.30. The van der Waals surface area contributed by atoms with Crippen LogP contribution in [0.15, 0.2) is 42.5 Å². The number of aromatic amines is 1. The second kappa shape index (κ2) is 6.70. The molecule has 3 aromatic rings. The summed E-state index contributed by atoms with van der Waals surface area (Å²) in [6.45, 7) is 1.16. The number of benzene rings is 2. The quantitative estimate of drug-likeness (QED) is 0.695. The van der Waals surface area contributed by atoms with E-state index in [-0.39, 0.29) is 24.1 Å². The van der Waals surface area contributed by atoms with E-state index in [0.29, 0.717) is 30.9 Å². The number of carbonyl (C=O) groups is 2. The molecule has 0 spiro atoms. The molecule has 0 aliphatic carbocycles. The first-order valence-corrected chi connectivity index (χ1v) is 9.59. The third-order valence-corrected chi connectivity index (χ3v) is 5.86. The predicted octanol–water partition coefficient (Wildman–Crippen LogP) is 3.01. The van der Waals surface area contributed by atoms with Gasteiger partial charge in [0.05, 0.1) is 25.3 Å². The van der Waals surface area contributed by atoms with E-state index in [2.05, 4.69) is 4.98 Å². The minimum absolute atomic E-state index is 0.140. The van der Waals surface area contributed by atoms with Crippen molar-refractivity contribution in [2.24, 2.45) is 0 Å². The van der Waals surface area contributed by atoms with Crippen LogP contribution in [0.2, 0.25) is 0 Å². The van der Waals surface area contributed by atoms with E-state index < -0.39 is 6.04 Å². The monoisotopic (exact) mass is 393 g/mol. The van der Waals surface area contributed by atoms with Crippen molar-refractivity contribution in [2.45, 2.75) is 25.4 Å². The number of rotatable bonds is 3. The van der Waals surface area contributed by atoms with Gasteiger partial charge in [0.25, 0.3) is 5.91 Å². The van der Waals surface area contributed by atoms with E-state index in [1.165, 1.54) is 18.1 Å². The van der Waals surface area contributed by atoms with E-state index in [9.17, 15) is 14.0 Å². The summed E-state index contributed by atoms with van der Waals surface area (Å²) in [5, 5.41) is 0.893. The lowest BCUT2D eigenvalue weighted by atomic mass is 10.0. The number of hydrogen-bond donors (Lipinski definition) is 1. The number of carbonyl (C=O) groups excluding carboxylic acids is 2. The van der Waals surface area contributed by atoms with E-state index in [1.54, 1.807) is 36.4 Å². The molecule has 6 nitrogen and oxygen atoms in total. The van der Waals surface area contributed by atoms with E-state index in [0.717, 1.165) is 22.2 Å². The number of nitrogens with one attached hydrogen (secondary N) is 1. The molecule has 2 aliphatic heterocycles. The van der Waals surface area contributed by atoms with Gasteiger partial charge in [-0.2, -0.15) is 0 Å².